The molecule has 1 atom stereocenters. The summed E-state index contributed by atoms with van der Waals surface area (Å²) in [5.41, 5.74) is 0.172. The largest absolute Gasteiger partial charge is 0.444 e. The first-order chi connectivity index (χ1) is 10.7. The van der Waals surface area contributed by atoms with E-state index >= 15 is 0 Å². The summed E-state index contributed by atoms with van der Waals surface area (Å²) in [6.45, 7) is 5.99. The number of rotatable bonds is 2. The quantitative estimate of drug-likeness (QED) is 0.826. The second kappa shape index (κ2) is 6.79. The number of carbonyl (C=O) groups is 2. The Morgan fingerprint density at radius 2 is 1.87 bits per heavy atom. The molecule has 126 valence electrons. The van der Waals surface area contributed by atoms with E-state index in [0.29, 0.717) is 18.0 Å². The third-order valence-electron chi connectivity index (χ3n) is 3.71. The molecule has 1 aromatic rings. The highest BCUT2D eigenvalue weighted by molar-refractivity contribution is 6.30. The van der Waals surface area contributed by atoms with Crippen LogP contribution in [-0.2, 0) is 9.53 Å². The minimum absolute atomic E-state index is 0.115. The molecular formula is C17H23ClN2O3. The Bertz CT molecular complexity index is 580. The predicted octanol–water partition coefficient (Wildman–Crippen LogP) is 3.70. The van der Waals surface area contributed by atoms with Crippen molar-refractivity contribution >= 4 is 29.3 Å². The van der Waals surface area contributed by atoms with Gasteiger partial charge in [-0.2, -0.15) is 0 Å². The van der Waals surface area contributed by atoms with Crippen molar-refractivity contribution in [3.63, 3.8) is 0 Å². The SMILES string of the molecule is CN(C(=O)[C@@H]1CCCN1C(=O)OC(C)(C)C)c1ccc(Cl)cc1. The van der Waals surface area contributed by atoms with Crippen molar-refractivity contribution in [1.82, 2.24) is 4.90 Å². The number of likely N-dealkylation sites (N-methyl/N-ethyl adjacent to an activating group) is 1. The van der Waals surface area contributed by atoms with Gasteiger partial charge in [0.1, 0.15) is 11.6 Å². The van der Waals surface area contributed by atoms with E-state index < -0.39 is 17.7 Å². The van der Waals surface area contributed by atoms with Crippen molar-refractivity contribution in [3.8, 4) is 0 Å². The summed E-state index contributed by atoms with van der Waals surface area (Å²) in [7, 11) is 1.71. The average molecular weight is 339 g/mol. The van der Waals surface area contributed by atoms with Gasteiger partial charge in [0.15, 0.2) is 0 Å². The maximum absolute atomic E-state index is 12.8. The number of hydrogen-bond acceptors (Lipinski definition) is 3. The predicted molar refractivity (Wildman–Crippen MR) is 90.8 cm³/mol. The van der Waals surface area contributed by atoms with Crippen LogP contribution in [0, 0.1) is 0 Å². The number of benzene rings is 1. The Kier molecular flexibility index (Phi) is 5.19. The number of amides is 2. The van der Waals surface area contributed by atoms with Crippen molar-refractivity contribution in [2.75, 3.05) is 18.5 Å². The molecule has 0 aliphatic carbocycles. The first-order valence-corrected chi connectivity index (χ1v) is 8.09. The summed E-state index contributed by atoms with van der Waals surface area (Å²) < 4.78 is 5.40. The molecule has 5 nitrogen and oxygen atoms in total. The summed E-state index contributed by atoms with van der Waals surface area (Å²) in [5, 5.41) is 0.617. The van der Waals surface area contributed by atoms with Gasteiger partial charge in [-0.25, -0.2) is 4.79 Å². The second-order valence-corrected chi connectivity index (χ2v) is 7.14. The highest BCUT2D eigenvalue weighted by atomic mass is 35.5. The van der Waals surface area contributed by atoms with Gasteiger partial charge < -0.3 is 9.64 Å². The second-order valence-electron chi connectivity index (χ2n) is 6.71. The average Bonchev–Trinajstić information content (AvgIpc) is 2.94. The Morgan fingerprint density at radius 1 is 1.26 bits per heavy atom. The van der Waals surface area contributed by atoms with Crippen molar-refractivity contribution in [1.29, 1.82) is 0 Å². The smallest absolute Gasteiger partial charge is 0.410 e. The van der Waals surface area contributed by atoms with Crippen LogP contribution in [-0.4, -0.2) is 42.1 Å². The van der Waals surface area contributed by atoms with Crippen LogP contribution in [0.4, 0.5) is 10.5 Å². The van der Waals surface area contributed by atoms with Gasteiger partial charge in [0.25, 0.3) is 0 Å². The summed E-state index contributed by atoms with van der Waals surface area (Å²) in [5.74, 6) is -0.115. The minimum Gasteiger partial charge on any atom is -0.444 e. The molecule has 1 heterocycles. The van der Waals surface area contributed by atoms with E-state index in [1.54, 1.807) is 36.2 Å². The fraction of sp³-hybridized carbons (Fsp3) is 0.529. The fourth-order valence-corrected chi connectivity index (χ4v) is 2.70. The van der Waals surface area contributed by atoms with E-state index in [1.807, 2.05) is 20.8 Å². The van der Waals surface area contributed by atoms with E-state index in [2.05, 4.69) is 0 Å². The van der Waals surface area contributed by atoms with Gasteiger partial charge in [-0.15, -0.1) is 0 Å². The monoisotopic (exact) mass is 338 g/mol. The van der Waals surface area contributed by atoms with Crippen molar-refractivity contribution in [2.45, 2.75) is 45.3 Å². The maximum atomic E-state index is 12.8. The van der Waals surface area contributed by atoms with Crippen molar-refractivity contribution in [2.24, 2.45) is 0 Å². The molecule has 1 aliphatic heterocycles. The molecule has 0 aromatic heterocycles. The molecule has 0 unspecified atom stereocenters. The van der Waals surface area contributed by atoms with Crippen LogP contribution in [0.1, 0.15) is 33.6 Å². The van der Waals surface area contributed by atoms with Crippen LogP contribution in [0.3, 0.4) is 0 Å². The summed E-state index contributed by atoms with van der Waals surface area (Å²) >= 11 is 5.88. The van der Waals surface area contributed by atoms with Gasteiger partial charge in [0.2, 0.25) is 5.91 Å². The topological polar surface area (TPSA) is 49.9 Å². The number of nitrogens with zero attached hydrogens (tertiary/aromatic N) is 2. The molecule has 2 rings (SSSR count). The molecule has 0 radical (unpaired) electrons. The number of halogens is 1. The lowest BCUT2D eigenvalue weighted by molar-refractivity contribution is -0.122. The van der Waals surface area contributed by atoms with Gasteiger partial charge >= 0.3 is 6.09 Å². The lowest BCUT2D eigenvalue weighted by Gasteiger charge is -2.30. The summed E-state index contributed by atoms with van der Waals surface area (Å²) in [6.07, 6.45) is 1.01. The van der Waals surface area contributed by atoms with E-state index in [4.69, 9.17) is 16.3 Å². The van der Waals surface area contributed by atoms with E-state index in [1.165, 1.54) is 4.90 Å². The zero-order valence-corrected chi connectivity index (χ0v) is 14.8. The molecule has 1 fully saturated rings. The first kappa shape index (κ1) is 17.6. The zero-order chi connectivity index (χ0) is 17.2. The number of likely N-dealkylation sites (tertiary alicyclic amines) is 1. The van der Waals surface area contributed by atoms with Gasteiger partial charge in [-0.05, 0) is 57.9 Å². The zero-order valence-electron chi connectivity index (χ0n) is 14.0. The van der Waals surface area contributed by atoms with Gasteiger partial charge in [0.05, 0.1) is 0 Å². The van der Waals surface area contributed by atoms with E-state index in [-0.39, 0.29) is 5.91 Å². The number of hydrogen-bond donors (Lipinski definition) is 0. The van der Waals surface area contributed by atoms with Gasteiger partial charge in [0, 0.05) is 24.3 Å². The Morgan fingerprint density at radius 3 is 2.43 bits per heavy atom. The van der Waals surface area contributed by atoms with Gasteiger partial charge in [-0.1, -0.05) is 11.6 Å². The Balaban J connectivity index is 2.11. The summed E-state index contributed by atoms with van der Waals surface area (Å²) in [4.78, 5) is 28.1. The molecule has 23 heavy (non-hydrogen) atoms. The van der Waals surface area contributed by atoms with Crippen LogP contribution in [0.15, 0.2) is 24.3 Å². The Labute approximate surface area is 142 Å². The molecular weight excluding hydrogens is 316 g/mol. The molecule has 0 bridgehead atoms. The van der Waals surface area contributed by atoms with Crippen LogP contribution in [0.2, 0.25) is 5.02 Å². The number of ether oxygens (including phenoxy) is 1. The molecule has 0 saturated carbocycles. The van der Waals surface area contributed by atoms with Crippen molar-refractivity contribution in [3.05, 3.63) is 29.3 Å². The maximum Gasteiger partial charge on any atom is 0.410 e. The normalized spacial score (nSPS) is 18.0. The standard InChI is InChI=1S/C17H23ClN2O3/c1-17(2,3)23-16(22)20-11-5-6-14(20)15(21)19(4)13-9-7-12(18)8-10-13/h7-10,14H,5-6,11H2,1-4H3/t14-/m0/s1. The van der Waals surface area contributed by atoms with Crippen LogP contribution < -0.4 is 4.90 Å². The number of anilines is 1. The van der Waals surface area contributed by atoms with Gasteiger partial charge in [-0.3, -0.25) is 9.69 Å². The Hall–Kier alpha value is -1.75. The lowest BCUT2D eigenvalue weighted by atomic mass is 10.2. The van der Waals surface area contributed by atoms with Crippen LogP contribution in [0.5, 0.6) is 0 Å². The van der Waals surface area contributed by atoms with Crippen LogP contribution >= 0.6 is 11.6 Å². The third-order valence-corrected chi connectivity index (χ3v) is 3.96. The first-order valence-electron chi connectivity index (χ1n) is 7.72. The highest BCUT2D eigenvalue weighted by Crippen LogP contribution is 2.25. The molecule has 6 heteroatoms. The molecule has 2 amide bonds. The molecule has 1 aliphatic rings. The minimum atomic E-state index is -0.574. The highest BCUT2D eigenvalue weighted by Gasteiger charge is 2.38. The van der Waals surface area contributed by atoms with E-state index in [0.717, 1.165) is 12.1 Å². The summed E-state index contributed by atoms with van der Waals surface area (Å²) in [6, 6.07) is 6.56. The molecule has 1 aromatic carbocycles. The lowest BCUT2D eigenvalue weighted by Crippen LogP contribution is -2.48. The molecule has 0 spiro atoms. The third kappa shape index (κ3) is 4.38. The van der Waals surface area contributed by atoms with Crippen LogP contribution in [0.25, 0.3) is 0 Å². The fourth-order valence-electron chi connectivity index (χ4n) is 2.58. The molecule has 0 N–H and O–H groups in total. The van der Waals surface area contributed by atoms with E-state index in [9.17, 15) is 9.59 Å². The van der Waals surface area contributed by atoms with Crippen molar-refractivity contribution < 1.29 is 14.3 Å². The molecule has 1 saturated heterocycles. The number of carbonyl (C=O) groups excluding carboxylic acids is 2.